The molecule has 1 aromatic rings. The van der Waals surface area contributed by atoms with E-state index in [4.69, 9.17) is 0 Å². The molecule has 4 nitrogen and oxygen atoms in total. The van der Waals surface area contributed by atoms with Gasteiger partial charge in [-0.3, -0.25) is 0 Å². The molecule has 0 radical (unpaired) electrons. The molecule has 2 atom stereocenters. The monoisotopic (exact) mass is 302 g/mol. The first kappa shape index (κ1) is 14.9. The van der Waals surface area contributed by atoms with E-state index in [1.54, 1.807) is 11.3 Å². The Morgan fingerprint density at radius 2 is 2.32 bits per heavy atom. The number of nitrogens with one attached hydrogen (secondary N) is 1. The third-order valence-electron chi connectivity index (χ3n) is 3.68. The molecule has 0 spiro atoms. The zero-order valence-electron chi connectivity index (χ0n) is 11.5. The summed E-state index contributed by atoms with van der Waals surface area (Å²) in [6, 6.07) is 0.427. The molecule has 0 bridgehead atoms. The van der Waals surface area contributed by atoms with Crippen molar-refractivity contribution in [1.29, 1.82) is 0 Å². The standard InChI is InChI=1S/C13H22N2O2S2/c1-10(2)14-6-12(5-13-7-18-9-15-13)11-3-4-19(16,17)8-11/h7,9-12,14H,3-6,8H2,1-2H3. The maximum atomic E-state index is 11.7. The van der Waals surface area contributed by atoms with Crippen LogP contribution < -0.4 is 5.32 Å². The number of nitrogens with zero attached hydrogens (tertiary/aromatic N) is 1. The molecule has 1 N–H and O–H groups in total. The Balaban J connectivity index is 2.01. The Morgan fingerprint density at radius 1 is 1.53 bits per heavy atom. The van der Waals surface area contributed by atoms with E-state index in [-0.39, 0.29) is 5.92 Å². The topological polar surface area (TPSA) is 59.1 Å². The van der Waals surface area contributed by atoms with Gasteiger partial charge in [-0.1, -0.05) is 13.8 Å². The number of aromatic nitrogens is 1. The summed E-state index contributed by atoms with van der Waals surface area (Å²) < 4.78 is 23.3. The van der Waals surface area contributed by atoms with Gasteiger partial charge in [-0.05, 0) is 31.2 Å². The minimum Gasteiger partial charge on any atom is -0.314 e. The number of sulfone groups is 1. The Bertz CT molecular complexity index is 483. The van der Waals surface area contributed by atoms with Crippen molar-refractivity contribution < 1.29 is 8.42 Å². The van der Waals surface area contributed by atoms with E-state index in [9.17, 15) is 8.42 Å². The lowest BCUT2D eigenvalue weighted by atomic mass is 9.88. The second-order valence-electron chi connectivity index (χ2n) is 5.67. The quantitative estimate of drug-likeness (QED) is 0.869. The van der Waals surface area contributed by atoms with Gasteiger partial charge in [0.05, 0.1) is 22.7 Å². The van der Waals surface area contributed by atoms with Crippen LogP contribution in [0.3, 0.4) is 0 Å². The summed E-state index contributed by atoms with van der Waals surface area (Å²) in [7, 11) is -2.80. The zero-order chi connectivity index (χ0) is 13.9. The minimum absolute atomic E-state index is 0.276. The molecule has 1 aliphatic heterocycles. The number of hydrogen-bond donors (Lipinski definition) is 1. The molecule has 0 saturated carbocycles. The van der Waals surface area contributed by atoms with Gasteiger partial charge in [0, 0.05) is 11.4 Å². The highest BCUT2D eigenvalue weighted by Gasteiger charge is 2.33. The number of thiazole rings is 1. The average molecular weight is 302 g/mol. The van der Waals surface area contributed by atoms with Crippen LogP contribution >= 0.6 is 11.3 Å². The fourth-order valence-electron chi connectivity index (χ4n) is 2.60. The van der Waals surface area contributed by atoms with Crippen molar-refractivity contribution in [1.82, 2.24) is 10.3 Å². The first-order chi connectivity index (χ1) is 8.96. The van der Waals surface area contributed by atoms with Crippen molar-refractivity contribution >= 4 is 21.2 Å². The van der Waals surface area contributed by atoms with Gasteiger partial charge in [0.1, 0.15) is 0 Å². The Labute approximate surface area is 119 Å². The minimum atomic E-state index is -2.80. The first-order valence-corrected chi connectivity index (χ1v) is 9.53. The SMILES string of the molecule is CC(C)NCC(Cc1cscn1)C1CCS(=O)(=O)C1. The first-order valence-electron chi connectivity index (χ1n) is 6.77. The highest BCUT2D eigenvalue weighted by atomic mass is 32.2. The van der Waals surface area contributed by atoms with Gasteiger partial charge < -0.3 is 5.32 Å². The van der Waals surface area contributed by atoms with Gasteiger partial charge in [-0.15, -0.1) is 11.3 Å². The second kappa shape index (κ2) is 6.33. The summed E-state index contributed by atoms with van der Waals surface area (Å²) >= 11 is 1.60. The molecule has 0 aromatic carbocycles. The van der Waals surface area contributed by atoms with Crippen molar-refractivity contribution in [2.45, 2.75) is 32.7 Å². The van der Waals surface area contributed by atoms with Crippen molar-refractivity contribution in [3.8, 4) is 0 Å². The summed E-state index contributed by atoms with van der Waals surface area (Å²) in [5.74, 6) is 1.34. The van der Waals surface area contributed by atoms with Crippen molar-refractivity contribution in [3.05, 3.63) is 16.6 Å². The van der Waals surface area contributed by atoms with Gasteiger partial charge >= 0.3 is 0 Å². The maximum Gasteiger partial charge on any atom is 0.150 e. The molecule has 0 aliphatic carbocycles. The largest absolute Gasteiger partial charge is 0.314 e. The summed E-state index contributed by atoms with van der Waals surface area (Å²) in [5.41, 5.74) is 2.93. The van der Waals surface area contributed by atoms with E-state index >= 15 is 0 Å². The van der Waals surface area contributed by atoms with Crippen LogP contribution in [-0.2, 0) is 16.3 Å². The lowest BCUT2D eigenvalue weighted by molar-refractivity contribution is 0.331. The molecule has 1 aromatic heterocycles. The zero-order valence-corrected chi connectivity index (χ0v) is 13.1. The number of rotatable bonds is 6. The smallest absolute Gasteiger partial charge is 0.150 e. The Kier molecular flexibility index (Phi) is 4.97. The molecular formula is C13H22N2O2S2. The van der Waals surface area contributed by atoms with Gasteiger partial charge in [-0.25, -0.2) is 13.4 Å². The molecular weight excluding hydrogens is 280 g/mol. The van der Waals surface area contributed by atoms with Crippen LogP contribution in [0.2, 0.25) is 0 Å². The fraction of sp³-hybridized carbons (Fsp3) is 0.769. The molecule has 1 fully saturated rings. The average Bonchev–Trinajstić information content (AvgIpc) is 2.93. The molecule has 19 heavy (non-hydrogen) atoms. The van der Waals surface area contributed by atoms with Crippen LogP contribution in [0.15, 0.2) is 10.9 Å². The Hall–Kier alpha value is -0.460. The molecule has 6 heteroatoms. The summed E-state index contributed by atoms with van der Waals surface area (Å²) in [4.78, 5) is 4.33. The van der Waals surface area contributed by atoms with E-state index < -0.39 is 9.84 Å². The van der Waals surface area contributed by atoms with E-state index in [0.717, 1.165) is 25.1 Å². The second-order valence-corrected chi connectivity index (χ2v) is 8.62. The molecule has 108 valence electrons. The van der Waals surface area contributed by atoms with Crippen LogP contribution in [0.4, 0.5) is 0 Å². The van der Waals surface area contributed by atoms with E-state index in [1.165, 1.54) is 0 Å². The fourth-order valence-corrected chi connectivity index (χ4v) is 5.09. The molecule has 1 saturated heterocycles. The van der Waals surface area contributed by atoms with Crippen LogP contribution in [0.1, 0.15) is 26.0 Å². The molecule has 2 heterocycles. The highest BCUT2D eigenvalue weighted by molar-refractivity contribution is 7.91. The van der Waals surface area contributed by atoms with Gasteiger partial charge in [0.2, 0.25) is 0 Å². The third-order valence-corrected chi connectivity index (χ3v) is 6.11. The lowest BCUT2D eigenvalue weighted by Gasteiger charge is -2.23. The van der Waals surface area contributed by atoms with Gasteiger partial charge in [0.25, 0.3) is 0 Å². The summed E-state index contributed by atoms with van der Waals surface area (Å²) in [5, 5.41) is 5.50. The highest BCUT2D eigenvalue weighted by Crippen LogP contribution is 2.28. The van der Waals surface area contributed by atoms with Crippen LogP contribution in [0.5, 0.6) is 0 Å². The lowest BCUT2D eigenvalue weighted by Crippen LogP contribution is -2.34. The van der Waals surface area contributed by atoms with Crippen LogP contribution in [0.25, 0.3) is 0 Å². The number of hydrogen-bond acceptors (Lipinski definition) is 5. The van der Waals surface area contributed by atoms with Crippen molar-refractivity contribution in [3.63, 3.8) is 0 Å². The van der Waals surface area contributed by atoms with Crippen LogP contribution in [-0.4, -0.2) is 37.5 Å². The molecule has 2 rings (SSSR count). The van der Waals surface area contributed by atoms with Crippen molar-refractivity contribution in [2.24, 2.45) is 11.8 Å². The molecule has 1 aliphatic rings. The van der Waals surface area contributed by atoms with Gasteiger partial charge in [-0.2, -0.15) is 0 Å². The van der Waals surface area contributed by atoms with E-state index in [2.05, 4.69) is 29.5 Å². The predicted molar refractivity (Wildman–Crippen MR) is 79.2 cm³/mol. The third kappa shape index (κ3) is 4.54. The predicted octanol–water partition coefficient (Wildman–Crippen LogP) is 1.73. The summed E-state index contributed by atoms with van der Waals surface area (Å²) in [6.45, 7) is 5.10. The van der Waals surface area contributed by atoms with Crippen molar-refractivity contribution in [2.75, 3.05) is 18.1 Å². The van der Waals surface area contributed by atoms with E-state index in [0.29, 0.717) is 23.5 Å². The summed E-state index contributed by atoms with van der Waals surface area (Å²) in [6.07, 6.45) is 1.68. The molecule has 2 unspecified atom stereocenters. The van der Waals surface area contributed by atoms with E-state index in [1.807, 2.05) is 5.51 Å². The molecule has 0 amide bonds. The van der Waals surface area contributed by atoms with Gasteiger partial charge in [0.15, 0.2) is 9.84 Å². The normalized spacial score (nSPS) is 23.8. The maximum absolute atomic E-state index is 11.7. The Morgan fingerprint density at radius 3 is 2.84 bits per heavy atom. The van der Waals surface area contributed by atoms with Crippen LogP contribution in [0, 0.1) is 11.8 Å².